The highest BCUT2D eigenvalue weighted by Crippen LogP contribution is 2.15. The lowest BCUT2D eigenvalue weighted by atomic mass is 10.0. The van der Waals surface area contributed by atoms with Crippen molar-refractivity contribution in [2.45, 2.75) is 153 Å². The number of nitrogens with one attached hydrogen (secondary N) is 3. The van der Waals surface area contributed by atoms with Crippen LogP contribution in [0.5, 0.6) is 0 Å². The van der Waals surface area contributed by atoms with Crippen LogP contribution in [0.2, 0.25) is 0 Å². The Morgan fingerprint density at radius 2 is 1.22 bits per heavy atom. The van der Waals surface area contributed by atoms with E-state index in [-0.39, 0.29) is 12.3 Å². The van der Waals surface area contributed by atoms with Gasteiger partial charge >= 0.3 is 12.2 Å². The first kappa shape index (κ1) is 44.1. The molecule has 0 radical (unpaired) electrons. The highest BCUT2D eigenvalue weighted by molar-refractivity contribution is 14.1. The standard InChI is InChI=1S/C33H67IN4O6S/c1-8-9-10-11-12-13-14-15-16-17-18-19-20-21-22-23-25-35-31(39)43-30(34)29(37-32(40)44-33(2,3)4)28-36-45(41,42)27-24-26-38(5,6)7/h29-30,36H,8-28H2,1-7H3,(H-,35,37,39,40)/p+1. The summed E-state index contributed by atoms with van der Waals surface area (Å²) in [7, 11) is 2.43. The number of carbonyl (C=O) groups is 2. The molecule has 0 aliphatic heterocycles. The topological polar surface area (TPSA) is 123 Å². The number of halogens is 1. The zero-order chi connectivity index (χ0) is 34.2. The molecule has 0 saturated heterocycles. The first-order valence-corrected chi connectivity index (χ1v) is 20.3. The molecule has 0 aromatic carbocycles. The fraction of sp³-hybridized carbons (Fsp3) is 0.939. The lowest BCUT2D eigenvalue weighted by Crippen LogP contribution is -2.51. The maximum Gasteiger partial charge on any atom is 0.408 e. The molecule has 3 N–H and O–H groups in total. The second-order valence-electron chi connectivity index (χ2n) is 14.3. The summed E-state index contributed by atoms with van der Waals surface area (Å²) >= 11 is 1.89. The fourth-order valence-electron chi connectivity index (χ4n) is 4.78. The van der Waals surface area contributed by atoms with E-state index in [0.29, 0.717) is 24.0 Å². The summed E-state index contributed by atoms with van der Waals surface area (Å²) in [6, 6.07) is -0.824. The Hall–Kier alpha value is -0.860. The molecule has 2 atom stereocenters. The van der Waals surface area contributed by atoms with Crippen LogP contribution in [0.3, 0.4) is 0 Å². The second-order valence-corrected chi connectivity index (χ2v) is 17.4. The Balaban J connectivity index is 4.30. The molecule has 0 aliphatic carbocycles. The molecule has 0 aromatic heterocycles. The lowest BCUT2D eigenvalue weighted by Gasteiger charge is -2.27. The minimum absolute atomic E-state index is 0.0335. The number of alkyl halides is 1. The second kappa shape index (κ2) is 25.2. The van der Waals surface area contributed by atoms with Crippen molar-refractivity contribution in [3.05, 3.63) is 0 Å². The Labute approximate surface area is 290 Å². The van der Waals surface area contributed by atoms with Gasteiger partial charge in [-0.15, -0.1) is 0 Å². The third-order valence-corrected chi connectivity index (χ3v) is 9.86. The van der Waals surface area contributed by atoms with Crippen molar-refractivity contribution in [3.63, 3.8) is 0 Å². The molecule has 0 bridgehead atoms. The Morgan fingerprint density at radius 1 is 0.756 bits per heavy atom. The van der Waals surface area contributed by atoms with Crippen molar-refractivity contribution in [1.29, 1.82) is 0 Å². The van der Waals surface area contributed by atoms with E-state index in [4.69, 9.17) is 9.47 Å². The van der Waals surface area contributed by atoms with Gasteiger partial charge in [0.1, 0.15) is 5.60 Å². The molecule has 0 fully saturated rings. The number of quaternary nitrogens is 1. The van der Waals surface area contributed by atoms with Crippen LogP contribution >= 0.6 is 22.6 Å². The molecule has 0 spiro atoms. The fourth-order valence-corrected chi connectivity index (χ4v) is 6.53. The highest BCUT2D eigenvalue weighted by Gasteiger charge is 2.28. The van der Waals surface area contributed by atoms with Crippen molar-refractivity contribution < 1.29 is 32.0 Å². The van der Waals surface area contributed by atoms with Crippen LogP contribution < -0.4 is 15.4 Å². The number of carbonyl (C=O) groups excluding carboxylic acids is 2. The quantitative estimate of drug-likeness (QED) is 0.0341. The van der Waals surface area contributed by atoms with Gasteiger partial charge in [-0.25, -0.2) is 22.7 Å². The van der Waals surface area contributed by atoms with Crippen LogP contribution in [0.15, 0.2) is 0 Å². The van der Waals surface area contributed by atoms with E-state index in [9.17, 15) is 18.0 Å². The van der Waals surface area contributed by atoms with Gasteiger partial charge in [0.05, 0.1) is 39.5 Å². The molecule has 2 amide bonds. The SMILES string of the molecule is CCCCCCCCCCCCCCCCCCNC(=O)OC(I)C(CNS(=O)(=O)CCC[N+](C)(C)C)NC(=O)OC(C)(C)C. The summed E-state index contributed by atoms with van der Waals surface area (Å²) in [5, 5.41) is 5.43. The number of hydrogen-bond donors (Lipinski definition) is 3. The molecule has 2 unspecified atom stereocenters. The number of amides is 2. The average molecular weight is 776 g/mol. The van der Waals surface area contributed by atoms with Crippen molar-refractivity contribution in [1.82, 2.24) is 15.4 Å². The van der Waals surface area contributed by atoms with Crippen molar-refractivity contribution in [2.75, 3.05) is 46.5 Å². The number of rotatable bonds is 27. The number of unbranched alkanes of at least 4 members (excludes halogenated alkanes) is 15. The van der Waals surface area contributed by atoms with Gasteiger partial charge in [0.15, 0.2) is 4.11 Å². The number of sulfonamides is 1. The first-order valence-electron chi connectivity index (χ1n) is 17.4. The van der Waals surface area contributed by atoms with Crippen LogP contribution in [0.1, 0.15) is 137 Å². The van der Waals surface area contributed by atoms with Gasteiger partial charge in [0.25, 0.3) is 0 Å². The van der Waals surface area contributed by atoms with E-state index >= 15 is 0 Å². The predicted octanol–water partition coefficient (Wildman–Crippen LogP) is 7.64. The number of alkyl carbamates (subject to hydrolysis) is 2. The molecule has 0 rings (SSSR count). The van der Waals surface area contributed by atoms with E-state index in [1.54, 1.807) is 20.8 Å². The van der Waals surface area contributed by atoms with Crippen molar-refractivity contribution in [2.24, 2.45) is 0 Å². The molecule has 10 nitrogen and oxygen atoms in total. The maximum absolute atomic E-state index is 12.6. The van der Waals surface area contributed by atoms with Gasteiger partial charge in [-0.2, -0.15) is 0 Å². The van der Waals surface area contributed by atoms with Crippen LogP contribution in [0.4, 0.5) is 9.59 Å². The maximum atomic E-state index is 12.6. The molecule has 268 valence electrons. The molecule has 45 heavy (non-hydrogen) atoms. The average Bonchev–Trinajstić information content (AvgIpc) is 2.90. The molecule has 12 heteroatoms. The van der Waals surface area contributed by atoms with Crippen molar-refractivity contribution >= 4 is 44.8 Å². The zero-order valence-corrected chi connectivity index (χ0v) is 32.7. The minimum atomic E-state index is -3.58. The van der Waals surface area contributed by atoms with Gasteiger partial charge in [-0.1, -0.05) is 103 Å². The van der Waals surface area contributed by atoms with E-state index in [1.807, 2.05) is 43.7 Å². The van der Waals surface area contributed by atoms with Crippen LogP contribution in [0, 0.1) is 0 Å². The van der Waals surface area contributed by atoms with E-state index in [0.717, 1.165) is 19.3 Å². The smallest absolute Gasteiger partial charge is 0.408 e. The number of nitrogens with zero attached hydrogens (tertiary/aromatic N) is 1. The number of ether oxygens (including phenoxy) is 2. The third-order valence-electron chi connectivity index (χ3n) is 7.30. The summed E-state index contributed by atoms with van der Waals surface area (Å²) in [5.74, 6) is -0.0335. The Bertz CT molecular complexity index is 877. The van der Waals surface area contributed by atoms with Crippen molar-refractivity contribution in [3.8, 4) is 0 Å². The van der Waals surface area contributed by atoms with Gasteiger partial charge < -0.3 is 24.6 Å². The summed E-state index contributed by atoms with van der Waals surface area (Å²) in [5.41, 5.74) is -0.731. The van der Waals surface area contributed by atoms with Crippen LogP contribution in [-0.2, 0) is 19.5 Å². The number of hydrogen-bond acceptors (Lipinski definition) is 6. The Kier molecular flexibility index (Phi) is 24.7. The van der Waals surface area contributed by atoms with Crippen LogP contribution in [0.25, 0.3) is 0 Å². The molecular weight excluding hydrogens is 707 g/mol. The molecule has 0 heterocycles. The van der Waals surface area contributed by atoms with Gasteiger partial charge in [0.2, 0.25) is 10.0 Å². The van der Waals surface area contributed by atoms with E-state index in [1.165, 1.54) is 83.5 Å². The zero-order valence-electron chi connectivity index (χ0n) is 29.7. The summed E-state index contributed by atoms with van der Waals surface area (Å²) in [6.07, 6.45) is 19.8. The molecule has 0 aromatic rings. The normalized spacial score (nSPS) is 13.7. The lowest BCUT2D eigenvalue weighted by molar-refractivity contribution is -0.870. The largest absolute Gasteiger partial charge is 0.444 e. The van der Waals surface area contributed by atoms with E-state index < -0.39 is 38.0 Å². The highest BCUT2D eigenvalue weighted by atomic mass is 127. The molecular formula is C33H68IN4O6S+. The third kappa shape index (κ3) is 30.2. The summed E-state index contributed by atoms with van der Waals surface area (Å²) < 4.78 is 38.4. The summed E-state index contributed by atoms with van der Waals surface area (Å²) in [6.45, 7) is 8.56. The Morgan fingerprint density at radius 3 is 1.67 bits per heavy atom. The van der Waals surface area contributed by atoms with Gasteiger partial charge in [0, 0.05) is 19.5 Å². The first-order chi connectivity index (χ1) is 21.0. The van der Waals surface area contributed by atoms with Gasteiger partial charge in [-0.3, -0.25) is 0 Å². The summed E-state index contributed by atoms with van der Waals surface area (Å²) in [4.78, 5) is 24.9. The monoisotopic (exact) mass is 775 g/mol. The van der Waals surface area contributed by atoms with E-state index in [2.05, 4.69) is 22.3 Å². The molecule has 0 aliphatic rings. The predicted molar refractivity (Wildman–Crippen MR) is 194 cm³/mol. The van der Waals surface area contributed by atoms with Gasteiger partial charge in [-0.05, 0) is 49.8 Å². The minimum Gasteiger partial charge on any atom is -0.444 e. The van der Waals surface area contributed by atoms with Crippen LogP contribution in [-0.4, -0.2) is 87.4 Å². The molecule has 0 saturated carbocycles.